The molecule has 120 valence electrons. The van der Waals surface area contributed by atoms with E-state index in [1.165, 1.54) is 61.1 Å². The van der Waals surface area contributed by atoms with Crippen LogP contribution in [0.4, 0.5) is 0 Å². The third-order valence-electron chi connectivity index (χ3n) is 4.86. The Morgan fingerprint density at radius 2 is 1.65 bits per heavy atom. The van der Waals surface area contributed by atoms with E-state index in [-0.39, 0.29) is 0 Å². The van der Waals surface area contributed by atoms with E-state index < -0.39 is 8.32 Å². The molecule has 1 fully saturated rings. The van der Waals surface area contributed by atoms with Gasteiger partial charge in [-0.15, -0.1) is 0 Å². The zero-order valence-electron chi connectivity index (χ0n) is 13.6. The van der Waals surface area contributed by atoms with Crippen LogP contribution >= 0.6 is 22.6 Å². The monoisotopic (exact) mass is 412 g/mol. The molecule has 0 unspecified atom stereocenters. The summed E-state index contributed by atoms with van der Waals surface area (Å²) in [7, 11) is -1.42. The molecule has 0 radical (unpaired) electrons. The number of hydrogen-bond donors (Lipinski definition) is 0. The molecule has 2 nitrogen and oxygen atoms in total. The summed E-state index contributed by atoms with van der Waals surface area (Å²) in [6.45, 7) is 7.74. The molecule has 0 saturated carbocycles. The number of alkyl halides is 1. The van der Waals surface area contributed by atoms with E-state index in [4.69, 9.17) is 9.16 Å². The van der Waals surface area contributed by atoms with E-state index in [2.05, 4.69) is 43.4 Å². The van der Waals surface area contributed by atoms with Gasteiger partial charge in [-0.3, -0.25) is 0 Å². The minimum atomic E-state index is -1.42. The van der Waals surface area contributed by atoms with Gasteiger partial charge in [-0.25, -0.2) is 0 Å². The highest BCUT2D eigenvalue weighted by Gasteiger charge is 2.32. The van der Waals surface area contributed by atoms with Gasteiger partial charge in [0.05, 0.1) is 18.8 Å². The van der Waals surface area contributed by atoms with Gasteiger partial charge >= 0.3 is 0 Å². The van der Waals surface area contributed by atoms with Crippen molar-refractivity contribution in [3.8, 4) is 0 Å². The second-order valence-electron chi connectivity index (χ2n) is 6.05. The molecule has 0 aliphatic carbocycles. The molecule has 1 rings (SSSR count). The van der Waals surface area contributed by atoms with Crippen molar-refractivity contribution in [3.05, 3.63) is 0 Å². The van der Waals surface area contributed by atoms with Crippen LogP contribution < -0.4 is 0 Å². The smallest absolute Gasteiger partial charge is 0.192 e. The molecule has 1 aliphatic heterocycles. The number of halogens is 1. The van der Waals surface area contributed by atoms with E-state index in [9.17, 15) is 0 Å². The molecule has 1 aliphatic rings. The quantitative estimate of drug-likeness (QED) is 0.192. The third kappa shape index (κ3) is 6.32. The lowest BCUT2D eigenvalue weighted by atomic mass is 10.1. The van der Waals surface area contributed by atoms with E-state index >= 15 is 0 Å². The lowest BCUT2D eigenvalue weighted by Gasteiger charge is -2.29. The highest BCUT2D eigenvalue weighted by molar-refractivity contribution is 14.1. The lowest BCUT2D eigenvalue weighted by molar-refractivity contribution is 0.0110. The molecular weight excluding hydrogens is 379 g/mol. The first kappa shape index (κ1) is 18.9. The fraction of sp³-hybridized carbons (Fsp3) is 1.00. The molecule has 0 bridgehead atoms. The van der Waals surface area contributed by atoms with E-state index in [1.54, 1.807) is 0 Å². The number of rotatable bonds is 11. The topological polar surface area (TPSA) is 18.5 Å². The highest BCUT2D eigenvalue weighted by atomic mass is 127. The third-order valence-corrected chi connectivity index (χ3v) is 10.3. The molecule has 0 aromatic rings. The average molecular weight is 412 g/mol. The van der Waals surface area contributed by atoms with Crippen molar-refractivity contribution < 1.29 is 9.16 Å². The first-order chi connectivity index (χ1) is 9.69. The van der Waals surface area contributed by atoms with E-state index in [1.807, 2.05) is 0 Å². The summed E-state index contributed by atoms with van der Waals surface area (Å²) in [5.74, 6) is 0. The Labute approximate surface area is 140 Å². The number of ether oxygens (including phenoxy) is 1. The Bertz CT molecular complexity index is 238. The van der Waals surface area contributed by atoms with Crippen LogP contribution in [-0.4, -0.2) is 31.6 Å². The van der Waals surface area contributed by atoms with Crippen molar-refractivity contribution in [2.24, 2.45) is 0 Å². The molecule has 0 spiro atoms. The van der Waals surface area contributed by atoms with Gasteiger partial charge in [-0.1, -0.05) is 56.2 Å². The first-order valence-corrected chi connectivity index (χ1v) is 12.6. The van der Waals surface area contributed by atoms with Gasteiger partial charge in [0.2, 0.25) is 0 Å². The minimum absolute atomic E-state index is 0.376. The van der Waals surface area contributed by atoms with Crippen LogP contribution in [0.5, 0.6) is 0 Å². The van der Waals surface area contributed by atoms with Crippen LogP contribution in [0.15, 0.2) is 0 Å². The summed E-state index contributed by atoms with van der Waals surface area (Å²) in [6, 6.07) is 3.73. The maximum Gasteiger partial charge on any atom is 0.192 e. The molecular formula is C16H33IO2Si. The minimum Gasteiger partial charge on any atom is -0.414 e. The number of unbranched alkanes of at least 4 members (excludes halogenated alkanes) is 2. The van der Waals surface area contributed by atoms with Gasteiger partial charge in [0, 0.05) is 0 Å². The summed E-state index contributed by atoms with van der Waals surface area (Å²) < 4.78 is 13.8. The average Bonchev–Trinajstić information content (AvgIpc) is 2.94. The molecule has 1 saturated heterocycles. The Morgan fingerprint density at radius 3 is 2.25 bits per heavy atom. The van der Waals surface area contributed by atoms with Crippen molar-refractivity contribution >= 4 is 30.9 Å². The van der Waals surface area contributed by atoms with Crippen molar-refractivity contribution in [1.82, 2.24) is 0 Å². The van der Waals surface area contributed by atoms with Crippen molar-refractivity contribution in [2.75, 3.05) is 11.0 Å². The molecule has 2 atom stereocenters. The van der Waals surface area contributed by atoms with Gasteiger partial charge in [0.25, 0.3) is 0 Å². The SMILES string of the molecule is CC[Si](CC)(CC)OC[C@@H]1CC[C@H](CCCCCI)O1. The molecule has 0 amide bonds. The van der Waals surface area contributed by atoms with Crippen LogP contribution in [-0.2, 0) is 9.16 Å². The lowest BCUT2D eigenvalue weighted by Crippen LogP contribution is -2.38. The van der Waals surface area contributed by atoms with Crippen molar-refractivity contribution in [3.63, 3.8) is 0 Å². The normalized spacial score (nSPS) is 23.4. The van der Waals surface area contributed by atoms with Gasteiger partial charge in [-0.2, -0.15) is 0 Å². The van der Waals surface area contributed by atoms with Crippen LogP contribution in [0.25, 0.3) is 0 Å². The largest absolute Gasteiger partial charge is 0.414 e. The molecule has 0 aromatic heterocycles. The maximum atomic E-state index is 6.37. The summed E-state index contributed by atoms with van der Waals surface area (Å²) in [4.78, 5) is 0. The first-order valence-electron chi connectivity index (χ1n) is 8.55. The van der Waals surface area contributed by atoms with Gasteiger partial charge in [0.1, 0.15) is 0 Å². The van der Waals surface area contributed by atoms with Crippen molar-refractivity contribution in [2.45, 2.75) is 89.6 Å². The van der Waals surface area contributed by atoms with Gasteiger partial charge < -0.3 is 9.16 Å². The number of hydrogen-bond acceptors (Lipinski definition) is 2. The van der Waals surface area contributed by atoms with Crippen LogP contribution in [0.1, 0.15) is 59.3 Å². The molecule has 1 heterocycles. The zero-order valence-corrected chi connectivity index (χ0v) is 16.8. The van der Waals surface area contributed by atoms with Crippen molar-refractivity contribution in [1.29, 1.82) is 0 Å². The predicted octanol–water partition coefficient (Wildman–Crippen LogP) is 5.55. The summed E-state index contributed by atoms with van der Waals surface area (Å²) in [5.41, 5.74) is 0. The van der Waals surface area contributed by atoms with Crippen LogP contribution in [0, 0.1) is 0 Å². The molecule has 4 heteroatoms. The van der Waals surface area contributed by atoms with Gasteiger partial charge in [-0.05, 0) is 48.2 Å². The molecule has 20 heavy (non-hydrogen) atoms. The zero-order chi connectivity index (χ0) is 14.8. The van der Waals surface area contributed by atoms with Crippen LogP contribution in [0.2, 0.25) is 18.1 Å². The Balaban J connectivity index is 2.20. The van der Waals surface area contributed by atoms with E-state index in [0.29, 0.717) is 12.2 Å². The summed E-state index contributed by atoms with van der Waals surface area (Å²) in [5, 5.41) is 0. The molecule has 0 aromatic carbocycles. The van der Waals surface area contributed by atoms with Crippen LogP contribution in [0.3, 0.4) is 0 Å². The highest BCUT2D eigenvalue weighted by Crippen LogP contribution is 2.27. The standard InChI is InChI=1S/C16H33IO2Si/c1-4-20(5-2,6-3)18-14-16-12-11-15(19-16)10-8-7-9-13-17/h15-16H,4-14H2,1-3H3/t15-,16-/m0/s1. The Kier molecular flexibility index (Phi) is 10.00. The Hall–Kier alpha value is 0.867. The second-order valence-corrected chi connectivity index (χ2v) is 11.9. The predicted molar refractivity (Wildman–Crippen MR) is 98.4 cm³/mol. The maximum absolute atomic E-state index is 6.37. The summed E-state index contributed by atoms with van der Waals surface area (Å²) >= 11 is 2.46. The summed E-state index contributed by atoms with van der Waals surface area (Å²) in [6.07, 6.45) is 8.65. The molecule has 0 N–H and O–H groups in total. The fourth-order valence-electron chi connectivity index (χ4n) is 3.08. The van der Waals surface area contributed by atoms with Gasteiger partial charge in [0.15, 0.2) is 8.32 Å². The van der Waals surface area contributed by atoms with E-state index in [0.717, 1.165) is 6.61 Å². The Morgan fingerprint density at radius 1 is 1.00 bits per heavy atom. The fourth-order valence-corrected chi connectivity index (χ4v) is 6.28. The second kappa shape index (κ2) is 10.6.